The van der Waals surface area contributed by atoms with Gasteiger partial charge in [-0.25, -0.2) is 9.97 Å². The maximum absolute atomic E-state index is 11.3. The Morgan fingerprint density at radius 1 is 1.50 bits per heavy atom. The molecule has 0 bridgehead atoms. The highest BCUT2D eigenvalue weighted by atomic mass is 16.1. The Bertz CT molecular complexity index is 475. The highest BCUT2D eigenvalue weighted by Gasteiger charge is 1.98. The highest BCUT2D eigenvalue weighted by Crippen LogP contribution is 2.03. The van der Waals surface area contributed by atoms with Crippen molar-refractivity contribution in [1.82, 2.24) is 15.0 Å². The molecule has 0 radical (unpaired) electrons. The third kappa shape index (κ3) is 0.972. The van der Waals surface area contributed by atoms with Crippen LogP contribution >= 0.6 is 0 Å². The number of hydrogen-bond acceptors (Lipinski definition) is 3. The molecule has 0 fully saturated rings. The van der Waals surface area contributed by atoms with Crippen molar-refractivity contribution in [3.8, 4) is 0 Å². The fourth-order valence-electron chi connectivity index (χ4n) is 1.14. The van der Waals surface area contributed by atoms with Gasteiger partial charge in [-0.15, -0.1) is 0 Å². The van der Waals surface area contributed by atoms with Crippen molar-refractivity contribution < 1.29 is 0 Å². The molecular weight excluding hydrogens is 154 g/mol. The first kappa shape index (κ1) is 6.97. The molecule has 2 aromatic rings. The summed E-state index contributed by atoms with van der Waals surface area (Å²) >= 11 is 0. The van der Waals surface area contributed by atoms with Crippen LogP contribution in [0.4, 0.5) is 0 Å². The number of aryl methyl sites for hydroxylation is 1. The summed E-state index contributed by atoms with van der Waals surface area (Å²) in [4.78, 5) is 21.6. The second-order valence-electron chi connectivity index (χ2n) is 2.61. The Hall–Kier alpha value is -1.71. The number of H-pyrrole nitrogens is 1. The van der Waals surface area contributed by atoms with Gasteiger partial charge < -0.3 is 4.98 Å². The third-order valence-corrected chi connectivity index (χ3v) is 1.64. The number of pyridine rings is 1. The minimum absolute atomic E-state index is 0.160. The lowest BCUT2D eigenvalue weighted by Gasteiger charge is -1.95. The standard InChI is InChI=1S/C8H7N3O/c1-5-2-6-3-9-4-10-7(6)8(12)11-5/h2-4H,1H3,(H,11,12). The lowest BCUT2D eigenvalue weighted by molar-refractivity contribution is 1.13. The van der Waals surface area contributed by atoms with Crippen molar-refractivity contribution in [1.29, 1.82) is 0 Å². The van der Waals surface area contributed by atoms with Crippen LogP contribution in [0.1, 0.15) is 5.69 Å². The van der Waals surface area contributed by atoms with Crippen LogP contribution in [0.2, 0.25) is 0 Å². The smallest absolute Gasteiger partial charge is 0.274 e. The Morgan fingerprint density at radius 2 is 2.33 bits per heavy atom. The van der Waals surface area contributed by atoms with Gasteiger partial charge in [-0.1, -0.05) is 0 Å². The molecule has 0 aliphatic rings. The van der Waals surface area contributed by atoms with Crippen LogP contribution < -0.4 is 5.56 Å². The molecule has 0 aliphatic heterocycles. The van der Waals surface area contributed by atoms with E-state index in [9.17, 15) is 4.79 Å². The zero-order chi connectivity index (χ0) is 8.55. The quantitative estimate of drug-likeness (QED) is 0.616. The molecule has 1 N–H and O–H groups in total. The Labute approximate surface area is 68.3 Å². The van der Waals surface area contributed by atoms with E-state index < -0.39 is 0 Å². The van der Waals surface area contributed by atoms with Gasteiger partial charge in [0.15, 0.2) is 0 Å². The topological polar surface area (TPSA) is 58.6 Å². The Morgan fingerprint density at radius 3 is 3.17 bits per heavy atom. The molecule has 4 nitrogen and oxygen atoms in total. The molecular formula is C8H7N3O. The van der Waals surface area contributed by atoms with Crippen molar-refractivity contribution in [3.63, 3.8) is 0 Å². The van der Waals surface area contributed by atoms with Crippen molar-refractivity contribution in [3.05, 3.63) is 34.6 Å². The first-order valence-electron chi connectivity index (χ1n) is 3.57. The summed E-state index contributed by atoms with van der Waals surface area (Å²) in [6, 6.07) is 1.84. The number of nitrogens with one attached hydrogen (secondary N) is 1. The maximum Gasteiger partial charge on any atom is 0.274 e. The summed E-state index contributed by atoms with van der Waals surface area (Å²) in [5, 5.41) is 0.777. The number of rotatable bonds is 0. The van der Waals surface area contributed by atoms with Gasteiger partial charge in [0.1, 0.15) is 11.8 Å². The summed E-state index contributed by atoms with van der Waals surface area (Å²) in [6.45, 7) is 1.83. The van der Waals surface area contributed by atoms with Gasteiger partial charge in [0, 0.05) is 17.3 Å². The van der Waals surface area contributed by atoms with Gasteiger partial charge in [0.05, 0.1) is 0 Å². The molecule has 2 heterocycles. The monoisotopic (exact) mass is 161 g/mol. The first-order valence-corrected chi connectivity index (χ1v) is 3.57. The largest absolute Gasteiger partial charge is 0.325 e. The minimum atomic E-state index is -0.160. The molecule has 4 heteroatoms. The van der Waals surface area contributed by atoms with E-state index in [1.807, 2.05) is 13.0 Å². The van der Waals surface area contributed by atoms with E-state index in [2.05, 4.69) is 15.0 Å². The summed E-state index contributed by atoms with van der Waals surface area (Å²) in [6.07, 6.45) is 3.00. The molecule has 0 aliphatic carbocycles. The second kappa shape index (κ2) is 2.41. The Kier molecular flexibility index (Phi) is 1.40. The molecule has 0 aromatic carbocycles. The molecule has 0 amide bonds. The van der Waals surface area contributed by atoms with Gasteiger partial charge in [-0.2, -0.15) is 0 Å². The van der Waals surface area contributed by atoms with Crippen molar-refractivity contribution in [2.45, 2.75) is 6.92 Å². The van der Waals surface area contributed by atoms with Crippen LogP contribution in [-0.4, -0.2) is 15.0 Å². The molecule has 0 saturated heterocycles. The highest BCUT2D eigenvalue weighted by molar-refractivity contribution is 5.76. The molecule has 0 saturated carbocycles. The fourth-order valence-corrected chi connectivity index (χ4v) is 1.14. The number of fused-ring (bicyclic) bond motifs is 1. The summed E-state index contributed by atoms with van der Waals surface area (Å²) < 4.78 is 0. The zero-order valence-electron chi connectivity index (χ0n) is 6.53. The maximum atomic E-state index is 11.3. The minimum Gasteiger partial charge on any atom is -0.325 e. The van der Waals surface area contributed by atoms with E-state index in [-0.39, 0.29) is 5.56 Å². The predicted molar refractivity (Wildman–Crippen MR) is 44.9 cm³/mol. The van der Waals surface area contributed by atoms with Gasteiger partial charge >= 0.3 is 0 Å². The van der Waals surface area contributed by atoms with Crippen molar-refractivity contribution in [2.75, 3.05) is 0 Å². The third-order valence-electron chi connectivity index (χ3n) is 1.64. The molecule has 0 atom stereocenters. The number of hydrogen-bond donors (Lipinski definition) is 1. The SMILES string of the molecule is Cc1cc2cncnc2c(=O)[nH]1. The summed E-state index contributed by atoms with van der Waals surface area (Å²) in [5.74, 6) is 0. The van der Waals surface area contributed by atoms with Crippen LogP contribution in [0.3, 0.4) is 0 Å². The van der Waals surface area contributed by atoms with Gasteiger partial charge in [0.2, 0.25) is 0 Å². The van der Waals surface area contributed by atoms with E-state index in [0.717, 1.165) is 11.1 Å². The van der Waals surface area contributed by atoms with Gasteiger partial charge in [-0.3, -0.25) is 4.79 Å². The normalized spacial score (nSPS) is 10.4. The molecule has 60 valence electrons. The fraction of sp³-hybridized carbons (Fsp3) is 0.125. The van der Waals surface area contributed by atoms with Crippen molar-refractivity contribution >= 4 is 10.9 Å². The van der Waals surface area contributed by atoms with E-state index >= 15 is 0 Å². The average Bonchev–Trinajstić information content (AvgIpc) is 2.04. The van der Waals surface area contributed by atoms with E-state index in [4.69, 9.17) is 0 Å². The molecule has 0 unspecified atom stereocenters. The lowest BCUT2D eigenvalue weighted by atomic mass is 10.3. The van der Waals surface area contributed by atoms with Crippen LogP contribution in [-0.2, 0) is 0 Å². The van der Waals surface area contributed by atoms with E-state index in [1.165, 1.54) is 6.33 Å². The number of aromatic amines is 1. The Balaban J connectivity index is 2.99. The van der Waals surface area contributed by atoms with E-state index in [1.54, 1.807) is 6.20 Å². The number of aromatic nitrogens is 3. The summed E-state index contributed by atoms with van der Waals surface area (Å²) in [7, 11) is 0. The average molecular weight is 161 g/mol. The predicted octanol–water partition coefficient (Wildman–Crippen LogP) is 0.627. The molecule has 12 heavy (non-hydrogen) atoms. The number of nitrogens with zero attached hydrogens (tertiary/aromatic N) is 2. The van der Waals surface area contributed by atoms with Gasteiger partial charge in [-0.05, 0) is 13.0 Å². The van der Waals surface area contributed by atoms with Crippen LogP contribution in [0.5, 0.6) is 0 Å². The molecule has 2 aromatic heterocycles. The first-order chi connectivity index (χ1) is 5.77. The van der Waals surface area contributed by atoms with E-state index in [0.29, 0.717) is 5.52 Å². The zero-order valence-corrected chi connectivity index (χ0v) is 6.53. The molecule has 2 rings (SSSR count). The second-order valence-corrected chi connectivity index (χ2v) is 2.61. The van der Waals surface area contributed by atoms with Crippen LogP contribution in [0.15, 0.2) is 23.4 Å². The van der Waals surface area contributed by atoms with Gasteiger partial charge in [0.25, 0.3) is 5.56 Å². The van der Waals surface area contributed by atoms with Crippen LogP contribution in [0, 0.1) is 6.92 Å². The van der Waals surface area contributed by atoms with Crippen molar-refractivity contribution in [2.24, 2.45) is 0 Å². The lowest BCUT2D eigenvalue weighted by Crippen LogP contribution is -2.08. The summed E-state index contributed by atoms with van der Waals surface area (Å²) in [5.41, 5.74) is 1.10. The van der Waals surface area contributed by atoms with Crippen LogP contribution in [0.25, 0.3) is 10.9 Å². The molecule has 0 spiro atoms.